The molecule has 93 valence electrons. The zero-order valence-corrected chi connectivity index (χ0v) is 11.3. The molecular weight excluding hydrogens is 281 g/mol. The van der Waals surface area contributed by atoms with Crippen molar-refractivity contribution in [3.8, 4) is 21.7 Å². The molecule has 0 aliphatic rings. The Bertz CT molecular complexity index is 706. The molecule has 1 heterocycles. The molecule has 1 radical (unpaired) electrons. The number of nitrogens with zero attached hydrogens (tertiary/aromatic N) is 1. The zero-order valence-electron chi connectivity index (χ0n) is 9.73. The fourth-order valence-corrected chi connectivity index (χ4v) is 2.71. The van der Waals surface area contributed by atoms with Crippen molar-refractivity contribution in [3.63, 3.8) is 0 Å². The lowest BCUT2D eigenvalue weighted by molar-refractivity contribution is 0.631. The van der Waals surface area contributed by atoms with E-state index in [1.165, 1.54) is 17.4 Å². The van der Waals surface area contributed by atoms with Gasteiger partial charge in [0.25, 0.3) is 0 Å². The summed E-state index contributed by atoms with van der Waals surface area (Å²) in [5.41, 5.74) is 4.90. The number of thiazole rings is 1. The first-order valence-electron chi connectivity index (χ1n) is 5.63. The topological polar surface area (TPSA) is 12.9 Å². The SMILES string of the molecule is Fc1ccccc1-c1n[c]sc1-c1ccc(Cl)cc1. The first kappa shape index (κ1) is 12.3. The average Bonchev–Trinajstić information content (AvgIpc) is 2.89. The van der Waals surface area contributed by atoms with Crippen molar-refractivity contribution in [2.75, 3.05) is 0 Å². The Morgan fingerprint density at radius 2 is 1.79 bits per heavy atom. The van der Waals surface area contributed by atoms with Crippen LogP contribution in [-0.4, -0.2) is 4.98 Å². The molecule has 0 spiro atoms. The van der Waals surface area contributed by atoms with E-state index in [9.17, 15) is 4.39 Å². The van der Waals surface area contributed by atoms with Gasteiger partial charge in [-0.15, -0.1) is 11.3 Å². The van der Waals surface area contributed by atoms with Gasteiger partial charge in [0, 0.05) is 10.6 Å². The molecule has 4 heteroatoms. The molecule has 3 rings (SSSR count). The molecule has 0 saturated carbocycles. The molecule has 19 heavy (non-hydrogen) atoms. The minimum absolute atomic E-state index is 0.281. The maximum absolute atomic E-state index is 13.8. The van der Waals surface area contributed by atoms with Crippen molar-refractivity contribution in [1.29, 1.82) is 0 Å². The van der Waals surface area contributed by atoms with E-state index in [-0.39, 0.29) is 5.82 Å². The molecule has 1 nitrogen and oxygen atoms in total. The third-order valence-electron chi connectivity index (χ3n) is 2.76. The first-order chi connectivity index (χ1) is 9.25. The highest BCUT2D eigenvalue weighted by Gasteiger charge is 2.14. The van der Waals surface area contributed by atoms with Gasteiger partial charge < -0.3 is 0 Å². The summed E-state index contributed by atoms with van der Waals surface area (Å²) in [4.78, 5) is 5.06. The van der Waals surface area contributed by atoms with Gasteiger partial charge in [-0.1, -0.05) is 35.9 Å². The molecule has 0 aliphatic heterocycles. The zero-order chi connectivity index (χ0) is 13.2. The smallest absolute Gasteiger partial charge is 0.153 e. The maximum atomic E-state index is 13.8. The van der Waals surface area contributed by atoms with E-state index < -0.39 is 0 Å². The van der Waals surface area contributed by atoms with Gasteiger partial charge >= 0.3 is 0 Å². The summed E-state index contributed by atoms with van der Waals surface area (Å²) in [6, 6.07) is 14.0. The van der Waals surface area contributed by atoms with Crippen molar-refractivity contribution in [2.24, 2.45) is 0 Å². The third kappa shape index (κ3) is 2.39. The molecule has 1 aromatic heterocycles. The normalized spacial score (nSPS) is 10.6. The second-order valence-electron chi connectivity index (χ2n) is 3.97. The standard InChI is InChI=1S/C15H8ClFNS/c16-11-7-5-10(6-8-11)15-14(18-9-19-15)12-3-1-2-4-13(12)17/h1-8H. The van der Waals surface area contributed by atoms with Gasteiger partial charge in [-0.25, -0.2) is 9.37 Å². The van der Waals surface area contributed by atoms with Gasteiger partial charge in [-0.3, -0.25) is 0 Å². The van der Waals surface area contributed by atoms with Crippen molar-refractivity contribution >= 4 is 22.9 Å². The van der Waals surface area contributed by atoms with E-state index in [1.807, 2.05) is 24.3 Å². The van der Waals surface area contributed by atoms with E-state index in [0.29, 0.717) is 16.3 Å². The number of hydrogen-bond acceptors (Lipinski definition) is 2. The summed E-state index contributed by atoms with van der Waals surface area (Å²) < 4.78 is 13.8. The highest BCUT2D eigenvalue weighted by molar-refractivity contribution is 7.13. The summed E-state index contributed by atoms with van der Waals surface area (Å²) in [5, 5.41) is 0.671. The molecule has 0 saturated heterocycles. The van der Waals surface area contributed by atoms with Gasteiger partial charge in [0.15, 0.2) is 5.51 Å². The van der Waals surface area contributed by atoms with E-state index in [1.54, 1.807) is 18.2 Å². The predicted molar refractivity (Wildman–Crippen MR) is 76.8 cm³/mol. The molecule has 0 amide bonds. The van der Waals surface area contributed by atoms with Crippen molar-refractivity contribution < 1.29 is 4.39 Å². The molecule has 0 bridgehead atoms. The second kappa shape index (κ2) is 5.11. The Labute approximate surface area is 119 Å². The minimum atomic E-state index is -0.281. The summed E-state index contributed by atoms with van der Waals surface area (Å²) >= 11 is 7.24. The van der Waals surface area contributed by atoms with Gasteiger partial charge in [0.1, 0.15) is 5.82 Å². The van der Waals surface area contributed by atoms with Crippen LogP contribution in [0.1, 0.15) is 0 Å². The summed E-state index contributed by atoms with van der Waals surface area (Å²) in [6.45, 7) is 0. The van der Waals surface area contributed by atoms with Gasteiger partial charge in [0.05, 0.1) is 10.6 Å². The fourth-order valence-electron chi connectivity index (χ4n) is 1.85. The highest BCUT2D eigenvalue weighted by Crippen LogP contribution is 2.35. The lowest BCUT2D eigenvalue weighted by Gasteiger charge is -2.04. The molecule has 0 unspecified atom stereocenters. The quantitative estimate of drug-likeness (QED) is 0.641. The van der Waals surface area contributed by atoms with Crippen LogP contribution < -0.4 is 0 Å². The van der Waals surface area contributed by atoms with Crippen LogP contribution in [0.25, 0.3) is 21.7 Å². The van der Waals surface area contributed by atoms with Crippen LogP contribution >= 0.6 is 22.9 Å². The maximum Gasteiger partial charge on any atom is 0.153 e. The Morgan fingerprint density at radius 3 is 2.53 bits per heavy atom. The minimum Gasteiger partial charge on any atom is -0.233 e. The van der Waals surface area contributed by atoms with Crippen molar-refractivity contribution in [1.82, 2.24) is 4.98 Å². The Morgan fingerprint density at radius 1 is 1.05 bits per heavy atom. The molecule has 2 aromatic carbocycles. The molecule has 0 atom stereocenters. The Hall–Kier alpha value is -1.71. The van der Waals surface area contributed by atoms with Crippen LogP contribution in [0.2, 0.25) is 5.02 Å². The third-order valence-corrected chi connectivity index (χ3v) is 3.82. The van der Waals surface area contributed by atoms with Crippen LogP contribution in [0.3, 0.4) is 0 Å². The van der Waals surface area contributed by atoms with Crippen LogP contribution in [0.4, 0.5) is 4.39 Å². The number of aromatic nitrogens is 1. The van der Waals surface area contributed by atoms with Crippen molar-refractivity contribution in [3.05, 3.63) is 64.9 Å². The molecular formula is C15H8ClFNS. The monoisotopic (exact) mass is 288 g/mol. The summed E-state index contributed by atoms with van der Waals surface area (Å²) in [6.07, 6.45) is 0. The van der Waals surface area contributed by atoms with Crippen LogP contribution in [0.5, 0.6) is 0 Å². The second-order valence-corrected chi connectivity index (χ2v) is 5.20. The number of rotatable bonds is 2. The van der Waals surface area contributed by atoms with Gasteiger partial charge in [0.2, 0.25) is 0 Å². The number of benzene rings is 2. The van der Waals surface area contributed by atoms with E-state index in [2.05, 4.69) is 10.5 Å². The van der Waals surface area contributed by atoms with Crippen LogP contribution in [-0.2, 0) is 0 Å². The predicted octanol–water partition coefficient (Wildman–Crippen LogP) is 5.07. The van der Waals surface area contributed by atoms with Gasteiger partial charge in [-0.2, -0.15) is 0 Å². The lowest BCUT2D eigenvalue weighted by Crippen LogP contribution is -1.86. The van der Waals surface area contributed by atoms with Gasteiger partial charge in [-0.05, 0) is 29.8 Å². The Kier molecular flexibility index (Phi) is 3.32. The van der Waals surface area contributed by atoms with E-state index >= 15 is 0 Å². The molecule has 0 N–H and O–H groups in total. The largest absolute Gasteiger partial charge is 0.233 e. The van der Waals surface area contributed by atoms with Crippen LogP contribution in [0.15, 0.2) is 48.5 Å². The number of halogens is 2. The molecule has 0 fully saturated rings. The molecule has 0 aliphatic carbocycles. The van der Waals surface area contributed by atoms with E-state index in [0.717, 1.165) is 10.4 Å². The van der Waals surface area contributed by atoms with E-state index in [4.69, 9.17) is 11.6 Å². The fraction of sp³-hybridized carbons (Fsp3) is 0. The summed E-state index contributed by atoms with van der Waals surface area (Å²) in [5.74, 6) is -0.281. The van der Waals surface area contributed by atoms with Crippen LogP contribution in [0, 0.1) is 11.3 Å². The lowest BCUT2D eigenvalue weighted by atomic mass is 10.1. The number of hydrogen-bond donors (Lipinski definition) is 0. The average molecular weight is 289 g/mol. The summed E-state index contributed by atoms with van der Waals surface area (Å²) in [7, 11) is 0. The highest BCUT2D eigenvalue weighted by atomic mass is 35.5. The molecule has 3 aromatic rings. The Balaban J connectivity index is 2.13. The first-order valence-corrected chi connectivity index (χ1v) is 6.83. The van der Waals surface area contributed by atoms with Crippen molar-refractivity contribution in [2.45, 2.75) is 0 Å².